The van der Waals surface area contributed by atoms with E-state index in [-0.39, 0.29) is 5.91 Å². The minimum atomic E-state index is -0.299. The molecular weight excluding hydrogens is 356 g/mol. The van der Waals surface area contributed by atoms with Gasteiger partial charge in [-0.25, -0.2) is 0 Å². The first-order valence-electron chi connectivity index (χ1n) is 7.65. The van der Waals surface area contributed by atoms with Crippen LogP contribution in [0.15, 0.2) is 42.5 Å². The highest BCUT2D eigenvalue weighted by Crippen LogP contribution is 2.29. The number of anilines is 1. The van der Waals surface area contributed by atoms with Gasteiger partial charge in [0.05, 0.1) is 12.8 Å². The number of methoxy groups -OCH3 is 1. The predicted octanol–water partition coefficient (Wildman–Crippen LogP) is 3.26. The first-order valence-corrected chi connectivity index (χ1v) is 8.03. The molecule has 8 nitrogen and oxygen atoms in total. The Balaban J connectivity index is 1.66. The maximum absolute atomic E-state index is 12.7. The first-order chi connectivity index (χ1) is 12.6. The standard InChI is InChI=1S/C17H13ClN6O2/c1-26-11-4-2-9-6-15(19-14(9)8-11)17(25)20-13-5-3-10(18)7-12(13)16-21-23-24-22-16/h2-8,19H,1H3,(H,20,25)(H,21,22,23,24). The van der Waals surface area contributed by atoms with Gasteiger partial charge in [-0.2, -0.15) is 5.21 Å². The zero-order valence-corrected chi connectivity index (χ0v) is 14.3. The van der Waals surface area contributed by atoms with E-state index in [9.17, 15) is 4.79 Å². The summed E-state index contributed by atoms with van der Waals surface area (Å²) in [6.07, 6.45) is 0. The summed E-state index contributed by atoms with van der Waals surface area (Å²) in [4.78, 5) is 15.8. The van der Waals surface area contributed by atoms with Gasteiger partial charge < -0.3 is 15.0 Å². The van der Waals surface area contributed by atoms with E-state index in [1.807, 2.05) is 18.2 Å². The molecule has 9 heteroatoms. The van der Waals surface area contributed by atoms with Crippen LogP contribution in [0.1, 0.15) is 10.5 Å². The fourth-order valence-electron chi connectivity index (χ4n) is 2.63. The number of aromatic nitrogens is 5. The van der Waals surface area contributed by atoms with Gasteiger partial charge in [0.1, 0.15) is 11.4 Å². The normalized spacial score (nSPS) is 10.8. The highest BCUT2D eigenvalue weighted by atomic mass is 35.5. The van der Waals surface area contributed by atoms with Crippen LogP contribution in [0, 0.1) is 0 Å². The minimum Gasteiger partial charge on any atom is -0.497 e. The van der Waals surface area contributed by atoms with E-state index in [4.69, 9.17) is 16.3 Å². The zero-order valence-electron chi connectivity index (χ0n) is 13.6. The molecule has 2 aromatic carbocycles. The molecule has 3 N–H and O–H groups in total. The van der Waals surface area contributed by atoms with E-state index in [1.54, 1.807) is 31.4 Å². The summed E-state index contributed by atoms with van der Waals surface area (Å²) in [7, 11) is 1.59. The summed E-state index contributed by atoms with van der Waals surface area (Å²) in [6, 6.07) is 12.4. The highest BCUT2D eigenvalue weighted by Gasteiger charge is 2.15. The molecule has 4 rings (SSSR count). The maximum Gasteiger partial charge on any atom is 0.272 e. The van der Waals surface area contributed by atoms with Crippen LogP contribution in [0.3, 0.4) is 0 Å². The van der Waals surface area contributed by atoms with E-state index < -0.39 is 0 Å². The van der Waals surface area contributed by atoms with Gasteiger partial charge >= 0.3 is 0 Å². The molecule has 0 aliphatic heterocycles. The van der Waals surface area contributed by atoms with Crippen molar-refractivity contribution >= 4 is 34.1 Å². The number of benzene rings is 2. The number of fused-ring (bicyclic) bond motifs is 1. The fourth-order valence-corrected chi connectivity index (χ4v) is 2.80. The molecule has 2 heterocycles. The van der Waals surface area contributed by atoms with E-state index in [0.717, 1.165) is 10.9 Å². The zero-order chi connectivity index (χ0) is 18.1. The summed E-state index contributed by atoms with van der Waals surface area (Å²) >= 11 is 6.05. The molecule has 26 heavy (non-hydrogen) atoms. The van der Waals surface area contributed by atoms with Crippen LogP contribution >= 0.6 is 11.6 Å². The van der Waals surface area contributed by atoms with Crippen LogP contribution in [-0.4, -0.2) is 38.6 Å². The number of amides is 1. The smallest absolute Gasteiger partial charge is 0.272 e. The largest absolute Gasteiger partial charge is 0.497 e. The van der Waals surface area contributed by atoms with E-state index in [2.05, 4.69) is 30.9 Å². The Labute approximate surface area is 152 Å². The Morgan fingerprint density at radius 1 is 1.19 bits per heavy atom. The number of hydrogen-bond acceptors (Lipinski definition) is 5. The molecule has 2 aromatic heterocycles. The third kappa shape index (κ3) is 2.98. The number of nitrogens with one attached hydrogen (secondary N) is 3. The maximum atomic E-state index is 12.7. The molecule has 0 spiro atoms. The van der Waals surface area contributed by atoms with Crippen molar-refractivity contribution in [2.24, 2.45) is 0 Å². The number of carbonyl (C=O) groups excluding carboxylic acids is 1. The van der Waals surface area contributed by atoms with Crippen LogP contribution in [0.4, 0.5) is 5.69 Å². The van der Waals surface area contributed by atoms with Gasteiger partial charge in [0.25, 0.3) is 5.91 Å². The number of tetrazole rings is 1. The van der Waals surface area contributed by atoms with Crippen LogP contribution in [0.25, 0.3) is 22.3 Å². The van der Waals surface area contributed by atoms with Gasteiger partial charge in [-0.1, -0.05) is 11.6 Å². The number of hydrogen-bond donors (Lipinski definition) is 3. The van der Waals surface area contributed by atoms with Gasteiger partial charge in [-0.3, -0.25) is 4.79 Å². The second kappa shape index (κ2) is 6.49. The molecule has 0 saturated heterocycles. The molecular formula is C17H13ClN6O2. The van der Waals surface area contributed by atoms with Crippen molar-refractivity contribution in [3.05, 3.63) is 53.2 Å². The van der Waals surface area contributed by atoms with E-state index in [1.165, 1.54) is 0 Å². The lowest BCUT2D eigenvalue weighted by Gasteiger charge is -2.08. The predicted molar refractivity (Wildman–Crippen MR) is 97.4 cm³/mol. The third-order valence-corrected chi connectivity index (χ3v) is 4.13. The monoisotopic (exact) mass is 368 g/mol. The average molecular weight is 369 g/mol. The van der Waals surface area contributed by atoms with Gasteiger partial charge in [-0.15, -0.1) is 10.2 Å². The van der Waals surface area contributed by atoms with Crippen molar-refractivity contribution in [3.63, 3.8) is 0 Å². The van der Waals surface area contributed by atoms with Gasteiger partial charge in [0, 0.05) is 27.6 Å². The summed E-state index contributed by atoms with van der Waals surface area (Å²) < 4.78 is 5.20. The molecule has 0 bridgehead atoms. The van der Waals surface area contributed by atoms with E-state index in [0.29, 0.717) is 33.5 Å². The molecule has 4 aromatic rings. The number of aromatic amines is 2. The second-order valence-corrected chi connectivity index (χ2v) is 5.95. The van der Waals surface area contributed by atoms with Crippen LogP contribution in [0.2, 0.25) is 5.02 Å². The molecule has 0 unspecified atom stereocenters. The lowest BCUT2D eigenvalue weighted by molar-refractivity contribution is 0.102. The summed E-state index contributed by atoms with van der Waals surface area (Å²) in [5, 5.41) is 18.1. The summed E-state index contributed by atoms with van der Waals surface area (Å²) in [6.45, 7) is 0. The Morgan fingerprint density at radius 3 is 2.85 bits per heavy atom. The Hall–Kier alpha value is -3.39. The van der Waals surface area contributed by atoms with Gasteiger partial charge in [0.15, 0.2) is 0 Å². The van der Waals surface area contributed by atoms with Crippen LogP contribution in [-0.2, 0) is 0 Å². The number of H-pyrrole nitrogens is 2. The molecule has 1 amide bonds. The number of ether oxygens (including phenoxy) is 1. The first kappa shape index (κ1) is 16.1. The van der Waals surface area contributed by atoms with Crippen molar-refractivity contribution in [2.45, 2.75) is 0 Å². The van der Waals surface area contributed by atoms with Gasteiger partial charge in [0.2, 0.25) is 5.82 Å². The molecule has 130 valence electrons. The summed E-state index contributed by atoms with van der Waals surface area (Å²) in [5.74, 6) is 0.750. The van der Waals surface area contributed by atoms with Crippen molar-refractivity contribution in [1.82, 2.24) is 25.6 Å². The van der Waals surface area contributed by atoms with E-state index >= 15 is 0 Å². The second-order valence-electron chi connectivity index (χ2n) is 5.52. The Bertz CT molecular complexity index is 1090. The van der Waals surface area contributed by atoms with Gasteiger partial charge in [-0.05, 0) is 41.6 Å². The summed E-state index contributed by atoms with van der Waals surface area (Å²) in [5.41, 5.74) is 2.32. The van der Waals surface area contributed by atoms with Crippen LogP contribution < -0.4 is 10.1 Å². The molecule has 0 aliphatic rings. The SMILES string of the molecule is COc1ccc2cc(C(=O)Nc3ccc(Cl)cc3-c3nn[nH]n3)[nH]c2c1. The van der Waals surface area contributed by atoms with Crippen molar-refractivity contribution in [3.8, 4) is 17.1 Å². The fraction of sp³-hybridized carbons (Fsp3) is 0.0588. The number of carbonyl (C=O) groups is 1. The third-order valence-electron chi connectivity index (χ3n) is 3.89. The topological polar surface area (TPSA) is 109 Å². The number of nitrogens with zero attached hydrogens (tertiary/aromatic N) is 3. The quantitative estimate of drug-likeness (QED) is 0.512. The van der Waals surface area contributed by atoms with Crippen molar-refractivity contribution in [1.29, 1.82) is 0 Å². The molecule has 0 radical (unpaired) electrons. The molecule has 0 atom stereocenters. The van der Waals surface area contributed by atoms with Crippen LogP contribution in [0.5, 0.6) is 5.75 Å². The minimum absolute atomic E-state index is 0.299. The highest BCUT2D eigenvalue weighted by molar-refractivity contribution is 6.31. The number of rotatable bonds is 4. The molecule has 0 fully saturated rings. The van der Waals surface area contributed by atoms with Crippen molar-refractivity contribution < 1.29 is 9.53 Å². The number of halogens is 1. The molecule has 0 aliphatic carbocycles. The average Bonchev–Trinajstić information content (AvgIpc) is 3.32. The lowest BCUT2D eigenvalue weighted by atomic mass is 10.1. The lowest BCUT2D eigenvalue weighted by Crippen LogP contribution is -2.13. The Kier molecular flexibility index (Phi) is 4.02. The molecule has 0 saturated carbocycles. The Morgan fingerprint density at radius 2 is 2.08 bits per heavy atom. The van der Waals surface area contributed by atoms with Crippen molar-refractivity contribution in [2.75, 3.05) is 12.4 Å².